The van der Waals surface area contributed by atoms with Crippen molar-refractivity contribution in [2.24, 2.45) is 0 Å². The smallest absolute Gasteiger partial charge is 0.434 e. The Morgan fingerprint density at radius 1 is 1.81 bits per heavy atom. The fourth-order valence-corrected chi connectivity index (χ4v) is 1.12. The van der Waals surface area contributed by atoms with Gasteiger partial charge in [0, 0.05) is 0 Å². The van der Waals surface area contributed by atoms with E-state index in [2.05, 4.69) is 9.72 Å². The predicted molar refractivity (Wildman–Crippen MR) is 51.5 cm³/mol. The second kappa shape index (κ2) is 5.21. The van der Waals surface area contributed by atoms with E-state index in [9.17, 15) is 20.0 Å². The van der Waals surface area contributed by atoms with Gasteiger partial charge in [-0.25, -0.2) is 9.36 Å². The molecule has 0 bridgehead atoms. The van der Waals surface area contributed by atoms with Gasteiger partial charge in [-0.3, -0.25) is 0 Å². The first kappa shape index (κ1) is 12.1. The fourth-order valence-electron chi connectivity index (χ4n) is 1.12. The van der Waals surface area contributed by atoms with E-state index in [-0.39, 0.29) is 13.2 Å². The van der Waals surface area contributed by atoms with Gasteiger partial charge in [0.25, 0.3) is 0 Å². The Labute approximate surface area is 90.6 Å². The minimum atomic E-state index is -1.44. The van der Waals surface area contributed by atoms with Crippen molar-refractivity contribution in [3.8, 4) is 0 Å². The molecule has 0 saturated carbocycles. The van der Waals surface area contributed by atoms with Crippen LogP contribution in [0.15, 0.2) is 12.4 Å². The van der Waals surface area contributed by atoms with Gasteiger partial charge in [-0.1, -0.05) is 4.98 Å². The highest BCUT2D eigenvalue weighted by Crippen LogP contribution is 2.08. The maximum atomic E-state index is 11.1. The molecule has 1 atom stereocenters. The molecule has 0 aliphatic carbocycles. The van der Waals surface area contributed by atoms with E-state index in [0.29, 0.717) is 0 Å². The molecule has 0 saturated heterocycles. The summed E-state index contributed by atoms with van der Waals surface area (Å²) in [6.45, 7) is 1.49. The molecule has 16 heavy (non-hydrogen) atoms. The van der Waals surface area contributed by atoms with Gasteiger partial charge >= 0.3 is 11.9 Å². The number of carbonyl (C=O) groups is 1. The van der Waals surface area contributed by atoms with E-state index in [4.69, 9.17) is 0 Å². The number of nitrogens with zero attached hydrogens (tertiary/aromatic N) is 3. The van der Waals surface area contributed by atoms with Gasteiger partial charge in [-0.15, -0.1) is 0 Å². The van der Waals surface area contributed by atoms with Crippen LogP contribution in [0.4, 0.5) is 5.95 Å². The zero-order chi connectivity index (χ0) is 12.1. The monoisotopic (exact) mass is 229 g/mol. The Morgan fingerprint density at radius 2 is 2.50 bits per heavy atom. The number of aromatic nitrogens is 2. The molecule has 0 fully saturated rings. The summed E-state index contributed by atoms with van der Waals surface area (Å²) in [4.78, 5) is 24.3. The molecule has 1 heterocycles. The molecule has 0 aliphatic heterocycles. The Bertz CT molecular complexity index is 389. The van der Waals surface area contributed by atoms with Crippen LogP contribution in [0.3, 0.4) is 0 Å². The molecule has 1 rings (SSSR count). The Balaban J connectivity index is 2.69. The minimum Gasteiger partial charge on any atom is -0.464 e. The van der Waals surface area contributed by atoms with Crippen LogP contribution in [0.2, 0.25) is 0 Å². The predicted octanol–water partition coefficient (Wildman–Crippen LogP) is -0.285. The van der Waals surface area contributed by atoms with Crippen LogP contribution in [-0.2, 0) is 16.1 Å². The Morgan fingerprint density at radius 3 is 3.06 bits per heavy atom. The van der Waals surface area contributed by atoms with E-state index in [1.54, 1.807) is 6.92 Å². The lowest BCUT2D eigenvalue weighted by Gasteiger charge is -2.08. The average Bonchev–Trinajstić information content (AvgIpc) is 2.66. The first-order chi connectivity index (χ1) is 7.56. The van der Waals surface area contributed by atoms with Gasteiger partial charge in [-0.2, -0.15) is 0 Å². The third-order valence-corrected chi connectivity index (χ3v) is 1.79. The van der Waals surface area contributed by atoms with Crippen molar-refractivity contribution < 1.29 is 19.6 Å². The number of hydrogen-bond donors (Lipinski definition) is 1. The molecule has 1 aromatic rings. The standard InChI is InChI=1S/C8H11N3O5/c1-2-16-7(13)6(12)5-10-4-3-9-8(10)11(14)15/h3-4,6,12H,2,5H2,1H3. The number of esters is 1. The number of rotatable bonds is 5. The second-order valence-electron chi connectivity index (χ2n) is 2.90. The molecule has 1 N–H and O–H groups in total. The van der Waals surface area contributed by atoms with Crippen molar-refractivity contribution in [1.82, 2.24) is 9.55 Å². The molecule has 8 heteroatoms. The van der Waals surface area contributed by atoms with Gasteiger partial charge in [0.15, 0.2) is 6.10 Å². The molecule has 88 valence electrons. The van der Waals surface area contributed by atoms with E-state index >= 15 is 0 Å². The molecule has 1 aromatic heterocycles. The number of carbonyl (C=O) groups excluding carboxylic acids is 1. The normalized spacial score (nSPS) is 12.1. The van der Waals surface area contributed by atoms with E-state index in [0.717, 1.165) is 4.57 Å². The highest BCUT2D eigenvalue weighted by atomic mass is 16.6. The van der Waals surface area contributed by atoms with Gasteiger partial charge in [0.1, 0.15) is 18.9 Å². The summed E-state index contributed by atoms with van der Waals surface area (Å²) < 4.78 is 5.63. The molecule has 1 unspecified atom stereocenters. The summed E-state index contributed by atoms with van der Waals surface area (Å²) in [5.74, 6) is -1.24. The number of aliphatic hydroxyl groups excluding tert-OH is 1. The summed E-state index contributed by atoms with van der Waals surface area (Å²) in [7, 11) is 0. The van der Waals surface area contributed by atoms with Crippen molar-refractivity contribution in [2.75, 3.05) is 6.61 Å². The van der Waals surface area contributed by atoms with Crippen molar-refractivity contribution >= 4 is 11.9 Å². The van der Waals surface area contributed by atoms with Crippen LogP contribution < -0.4 is 0 Å². The SMILES string of the molecule is CCOC(=O)C(O)Cn1ccnc1[N+](=O)[O-]. The largest absolute Gasteiger partial charge is 0.464 e. The maximum absolute atomic E-state index is 11.1. The van der Waals surface area contributed by atoms with Crippen molar-refractivity contribution in [3.63, 3.8) is 0 Å². The molecule has 0 aromatic carbocycles. The lowest BCUT2D eigenvalue weighted by atomic mass is 10.3. The van der Waals surface area contributed by atoms with E-state index in [1.807, 2.05) is 0 Å². The second-order valence-corrected chi connectivity index (χ2v) is 2.90. The van der Waals surface area contributed by atoms with Crippen LogP contribution >= 0.6 is 0 Å². The van der Waals surface area contributed by atoms with E-state index in [1.165, 1.54) is 12.4 Å². The van der Waals surface area contributed by atoms with Crippen LogP contribution in [0, 0.1) is 10.1 Å². The number of imidazole rings is 1. The Kier molecular flexibility index (Phi) is 3.95. The number of aliphatic hydroxyl groups is 1. The summed E-state index contributed by atoms with van der Waals surface area (Å²) in [6, 6.07) is 0. The van der Waals surface area contributed by atoms with Gasteiger partial charge in [0.05, 0.1) is 6.61 Å². The number of ether oxygens (including phenoxy) is 1. The van der Waals surface area contributed by atoms with Gasteiger partial charge < -0.3 is 20.0 Å². The van der Waals surface area contributed by atoms with Crippen LogP contribution in [0.1, 0.15) is 6.92 Å². The fraction of sp³-hybridized carbons (Fsp3) is 0.500. The lowest BCUT2D eigenvalue weighted by molar-refractivity contribution is -0.396. The molecular weight excluding hydrogens is 218 g/mol. The molecule has 0 spiro atoms. The highest BCUT2D eigenvalue weighted by molar-refractivity contribution is 5.74. The zero-order valence-corrected chi connectivity index (χ0v) is 8.57. The van der Waals surface area contributed by atoms with Crippen LogP contribution in [-0.4, -0.2) is 38.3 Å². The third kappa shape index (κ3) is 2.76. The van der Waals surface area contributed by atoms with Crippen molar-refractivity contribution in [1.29, 1.82) is 0 Å². The molecule has 8 nitrogen and oxygen atoms in total. The van der Waals surface area contributed by atoms with Crippen molar-refractivity contribution in [3.05, 3.63) is 22.5 Å². The van der Waals surface area contributed by atoms with Crippen LogP contribution in [0.5, 0.6) is 0 Å². The van der Waals surface area contributed by atoms with Gasteiger partial charge in [-0.05, 0) is 11.8 Å². The van der Waals surface area contributed by atoms with Crippen molar-refractivity contribution in [2.45, 2.75) is 19.6 Å². The first-order valence-corrected chi connectivity index (χ1v) is 4.56. The average molecular weight is 229 g/mol. The summed E-state index contributed by atoms with van der Waals surface area (Å²) in [5.41, 5.74) is 0. The molecule has 0 aliphatic rings. The van der Waals surface area contributed by atoms with Gasteiger partial charge in [0.2, 0.25) is 0 Å². The molecule has 0 amide bonds. The Hall–Kier alpha value is -1.96. The summed E-state index contributed by atoms with van der Waals surface area (Å²) >= 11 is 0. The molecule has 0 radical (unpaired) electrons. The summed E-state index contributed by atoms with van der Waals surface area (Å²) in [6.07, 6.45) is 1.09. The third-order valence-electron chi connectivity index (χ3n) is 1.79. The number of nitro groups is 1. The zero-order valence-electron chi connectivity index (χ0n) is 8.57. The van der Waals surface area contributed by atoms with Crippen LogP contribution in [0.25, 0.3) is 0 Å². The van der Waals surface area contributed by atoms with E-state index < -0.39 is 22.9 Å². The minimum absolute atomic E-state index is 0.141. The maximum Gasteiger partial charge on any atom is 0.434 e. The first-order valence-electron chi connectivity index (χ1n) is 4.56. The number of hydrogen-bond acceptors (Lipinski definition) is 6. The molecular formula is C8H11N3O5. The quantitative estimate of drug-likeness (QED) is 0.422. The topological polar surface area (TPSA) is 107 Å². The highest BCUT2D eigenvalue weighted by Gasteiger charge is 2.22. The lowest BCUT2D eigenvalue weighted by Crippen LogP contribution is -2.28. The summed E-state index contributed by atoms with van der Waals surface area (Å²) in [5, 5.41) is 19.9.